The van der Waals surface area contributed by atoms with Gasteiger partial charge in [-0.25, -0.2) is 8.42 Å². The van der Waals surface area contributed by atoms with Gasteiger partial charge in [-0.1, -0.05) is 12.8 Å². The SMILES string of the molecule is CC(N)C1CCCN(C(=O)CCS(=O)(=O)C2CCCC2)C1.Cl. The van der Waals surface area contributed by atoms with Crippen LogP contribution in [0.3, 0.4) is 0 Å². The quantitative estimate of drug-likeness (QED) is 0.817. The Hall–Kier alpha value is -0.330. The first-order chi connectivity index (χ1) is 9.90. The molecule has 0 spiro atoms. The number of likely N-dealkylation sites (tertiary alicyclic amines) is 1. The molecule has 0 radical (unpaired) electrons. The second-order valence-corrected chi connectivity index (χ2v) is 9.03. The minimum absolute atomic E-state index is 0. The molecule has 1 amide bonds. The summed E-state index contributed by atoms with van der Waals surface area (Å²) in [6, 6.07) is 0.0859. The van der Waals surface area contributed by atoms with Crippen LogP contribution in [0.2, 0.25) is 0 Å². The highest BCUT2D eigenvalue weighted by Crippen LogP contribution is 2.26. The van der Waals surface area contributed by atoms with Gasteiger partial charge in [0.25, 0.3) is 0 Å². The average Bonchev–Trinajstić information content (AvgIpc) is 3.00. The molecule has 0 aromatic rings. The maximum atomic E-state index is 12.2. The van der Waals surface area contributed by atoms with E-state index in [0.717, 1.165) is 45.1 Å². The summed E-state index contributed by atoms with van der Waals surface area (Å²) in [5, 5.41) is -0.205. The number of hydrogen-bond acceptors (Lipinski definition) is 4. The van der Waals surface area contributed by atoms with E-state index in [4.69, 9.17) is 5.73 Å². The third-order valence-corrected chi connectivity index (χ3v) is 7.22. The molecule has 1 saturated heterocycles. The van der Waals surface area contributed by atoms with Crippen LogP contribution in [0.4, 0.5) is 0 Å². The second kappa shape index (κ2) is 8.50. The fraction of sp³-hybridized carbons (Fsp3) is 0.933. The van der Waals surface area contributed by atoms with E-state index in [-0.39, 0.29) is 41.8 Å². The zero-order valence-electron chi connectivity index (χ0n) is 13.4. The van der Waals surface area contributed by atoms with Crippen molar-refractivity contribution in [3.63, 3.8) is 0 Å². The van der Waals surface area contributed by atoms with Crippen molar-refractivity contribution in [2.24, 2.45) is 11.7 Å². The first-order valence-electron chi connectivity index (χ1n) is 8.15. The van der Waals surface area contributed by atoms with Gasteiger partial charge in [-0.2, -0.15) is 0 Å². The molecule has 1 heterocycles. The van der Waals surface area contributed by atoms with Crippen molar-refractivity contribution in [3.05, 3.63) is 0 Å². The molecule has 0 bridgehead atoms. The van der Waals surface area contributed by atoms with Gasteiger partial charge in [0.15, 0.2) is 9.84 Å². The van der Waals surface area contributed by atoms with Crippen LogP contribution in [0, 0.1) is 5.92 Å². The van der Waals surface area contributed by atoms with Gasteiger partial charge in [0.1, 0.15) is 0 Å². The molecule has 1 saturated carbocycles. The first-order valence-corrected chi connectivity index (χ1v) is 9.86. The van der Waals surface area contributed by atoms with Crippen molar-refractivity contribution in [2.75, 3.05) is 18.8 Å². The largest absolute Gasteiger partial charge is 0.342 e. The van der Waals surface area contributed by atoms with Crippen molar-refractivity contribution in [3.8, 4) is 0 Å². The number of carbonyl (C=O) groups is 1. The lowest BCUT2D eigenvalue weighted by Crippen LogP contribution is -2.45. The molecule has 1 aliphatic heterocycles. The third kappa shape index (κ3) is 5.10. The number of halogens is 1. The number of nitrogens with zero attached hydrogens (tertiary/aromatic N) is 1. The molecule has 2 unspecified atom stereocenters. The molecular weight excluding hydrogens is 324 g/mol. The highest BCUT2D eigenvalue weighted by molar-refractivity contribution is 7.92. The monoisotopic (exact) mass is 352 g/mol. The van der Waals surface area contributed by atoms with Gasteiger partial charge in [-0.3, -0.25) is 4.79 Å². The normalized spacial score (nSPS) is 24.8. The van der Waals surface area contributed by atoms with Gasteiger partial charge in [-0.15, -0.1) is 12.4 Å². The maximum absolute atomic E-state index is 12.2. The Morgan fingerprint density at radius 2 is 1.86 bits per heavy atom. The van der Waals surface area contributed by atoms with E-state index < -0.39 is 9.84 Å². The van der Waals surface area contributed by atoms with Crippen LogP contribution in [0.5, 0.6) is 0 Å². The molecule has 22 heavy (non-hydrogen) atoms. The van der Waals surface area contributed by atoms with Crippen molar-refractivity contribution in [1.29, 1.82) is 0 Å². The Balaban J connectivity index is 0.00000242. The van der Waals surface area contributed by atoms with Gasteiger partial charge in [0.05, 0.1) is 11.0 Å². The van der Waals surface area contributed by atoms with Crippen LogP contribution in [-0.2, 0) is 14.6 Å². The first kappa shape index (κ1) is 19.7. The predicted molar refractivity (Wildman–Crippen MR) is 90.9 cm³/mol. The number of hydrogen-bond donors (Lipinski definition) is 1. The highest BCUT2D eigenvalue weighted by atomic mass is 35.5. The Morgan fingerprint density at radius 3 is 2.45 bits per heavy atom. The lowest BCUT2D eigenvalue weighted by molar-refractivity contribution is -0.132. The van der Waals surface area contributed by atoms with E-state index in [0.29, 0.717) is 12.5 Å². The van der Waals surface area contributed by atoms with E-state index in [2.05, 4.69) is 0 Å². The van der Waals surface area contributed by atoms with Crippen LogP contribution in [0.15, 0.2) is 0 Å². The third-order valence-electron chi connectivity index (χ3n) is 4.96. The molecule has 0 aromatic carbocycles. The minimum atomic E-state index is -3.10. The van der Waals surface area contributed by atoms with Gasteiger partial charge in [0, 0.05) is 25.6 Å². The summed E-state index contributed by atoms with van der Waals surface area (Å²) in [6.45, 7) is 3.40. The summed E-state index contributed by atoms with van der Waals surface area (Å²) < 4.78 is 24.4. The molecule has 0 aromatic heterocycles. The highest BCUT2D eigenvalue weighted by Gasteiger charge is 2.31. The molecule has 130 valence electrons. The maximum Gasteiger partial charge on any atom is 0.223 e. The zero-order valence-corrected chi connectivity index (χ0v) is 15.0. The topological polar surface area (TPSA) is 80.5 Å². The van der Waals surface area contributed by atoms with Gasteiger partial charge >= 0.3 is 0 Å². The van der Waals surface area contributed by atoms with E-state index in [9.17, 15) is 13.2 Å². The number of sulfone groups is 1. The van der Waals surface area contributed by atoms with Crippen LogP contribution in [0.1, 0.15) is 51.9 Å². The summed E-state index contributed by atoms with van der Waals surface area (Å²) in [4.78, 5) is 14.1. The molecule has 7 heteroatoms. The average molecular weight is 353 g/mol. The number of nitrogens with two attached hydrogens (primary N) is 1. The summed E-state index contributed by atoms with van der Waals surface area (Å²) in [6.07, 6.45) is 5.69. The standard InChI is InChI=1S/C15H28N2O3S.ClH/c1-12(16)13-5-4-9-17(11-13)15(18)8-10-21(19,20)14-6-2-3-7-14;/h12-14H,2-11,16H2,1H3;1H. The number of rotatable bonds is 5. The predicted octanol–water partition coefficient (Wildman–Crippen LogP) is 1.74. The smallest absolute Gasteiger partial charge is 0.223 e. The van der Waals surface area contributed by atoms with Gasteiger partial charge < -0.3 is 10.6 Å². The molecule has 2 atom stereocenters. The summed E-state index contributed by atoms with van der Waals surface area (Å²) in [5.74, 6) is 0.326. The lowest BCUT2D eigenvalue weighted by atomic mass is 9.92. The lowest BCUT2D eigenvalue weighted by Gasteiger charge is -2.34. The number of piperidine rings is 1. The second-order valence-electron chi connectivity index (χ2n) is 6.62. The molecule has 5 nitrogen and oxygen atoms in total. The van der Waals surface area contributed by atoms with Gasteiger partial charge in [-0.05, 0) is 38.5 Å². The van der Waals surface area contributed by atoms with Crippen molar-refractivity contribution in [1.82, 2.24) is 4.90 Å². The number of amides is 1. The molecule has 2 rings (SSSR count). The molecule has 1 aliphatic carbocycles. The van der Waals surface area contributed by atoms with Gasteiger partial charge in [0.2, 0.25) is 5.91 Å². The Labute approximate surface area is 140 Å². The summed E-state index contributed by atoms with van der Waals surface area (Å²) >= 11 is 0. The Morgan fingerprint density at radius 1 is 1.23 bits per heavy atom. The van der Waals surface area contributed by atoms with Crippen molar-refractivity contribution < 1.29 is 13.2 Å². The van der Waals surface area contributed by atoms with E-state index in [1.165, 1.54) is 0 Å². The zero-order chi connectivity index (χ0) is 15.5. The summed E-state index contributed by atoms with van der Waals surface area (Å²) in [7, 11) is -3.10. The number of carbonyl (C=O) groups excluding carboxylic acids is 1. The van der Waals surface area contributed by atoms with E-state index in [1.54, 1.807) is 0 Å². The van der Waals surface area contributed by atoms with Crippen LogP contribution in [0.25, 0.3) is 0 Å². The van der Waals surface area contributed by atoms with E-state index >= 15 is 0 Å². The molecular formula is C15H29ClN2O3S. The Bertz CT molecular complexity index is 461. The molecule has 2 aliphatic rings. The van der Waals surface area contributed by atoms with Crippen molar-refractivity contribution in [2.45, 2.75) is 63.2 Å². The fourth-order valence-electron chi connectivity index (χ4n) is 3.47. The molecule has 2 N–H and O–H groups in total. The van der Waals surface area contributed by atoms with Crippen LogP contribution >= 0.6 is 12.4 Å². The van der Waals surface area contributed by atoms with Crippen LogP contribution < -0.4 is 5.73 Å². The van der Waals surface area contributed by atoms with E-state index in [1.807, 2.05) is 11.8 Å². The Kier molecular flexibility index (Phi) is 7.62. The van der Waals surface area contributed by atoms with Crippen molar-refractivity contribution >= 4 is 28.2 Å². The molecule has 2 fully saturated rings. The minimum Gasteiger partial charge on any atom is -0.342 e. The summed E-state index contributed by atoms with van der Waals surface area (Å²) in [5.41, 5.74) is 5.92. The van der Waals surface area contributed by atoms with Crippen LogP contribution in [-0.4, -0.2) is 49.4 Å². The fourth-order valence-corrected chi connectivity index (χ4v) is 5.31.